The molecule has 0 spiro atoms. The number of aryl methyl sites for hydroxylation is 1. The number of benzene rings is 3. The van der Waals surface area contributed by atoms with Crippen molar-refractivity contribution in [3.63, 3.8) is 0 Å². The van der Waals surface area contributed by atoms with E-state index in [0.29, 0.717) is 55.6 Å². The molecule has 14 nitrogen and oxygen atoms in total. The highest BCUT2D eigenvalue weighted by Crippen LogP contribution is 2.54. The van der Waals surface area contributed by atoms with Gasteiger partial charge in [0.25, 0.3) is 5.56 Å². The first-order valence-corrected chi connectivity index (χ1v) is 20.4. The molecule has 0 radical (unpaired) electrons. The number of phosphoric ester groups is 1. The number of phosphoric acid groups is 1. The van der Waals surface area contributed by atoms with Crippen molar-refractivity contribution in [2.45, 2.75) is 75.9 Å². The molecule has 15 heteroatoms. The van der Waals surface area contributed by atoms with E-state index in [2.05, 4.69) is 4.98 Å². The van der Waals surface area contributed by atoms with E-state index in [1.165, 1.54) is 10.8 Å². The molecular weight excluding hydrogens is 743 g/mol. The second-order valence-corrected chi connectivity index (χ2v) is 15.1. The molecule has 1 aliphatic rings. The van der Waals surface area contributed by atoms with Crippen LogP contribution in [-0.2, 0) is 33.2 Å². The zero-order valence-electron chi connectivity index (χ0n) is 32.2. The second-order valence-electron chi connectivity index (χ2n) is 13.5. The number of methoxy groups -OCH3 is 2. The fourth-order valence-corrected chi connectivity index (χ4v) is 8.07. The summed E-state index contributed by atoms with van der Waals surface area (Å²) in [5, 5.41) is 18.5. The molecule has 3 atom stereocenters. The molecule has 1 aliphatic heterocycles. The maximum Gasteiger partial charge on any atom is 0.475 e. The van der Waals surface area contributed by atoms with Crippen LogP contribution in [0.2, 0.25) is 0 Å². The van der Waals surface area contributed by atoms with Crippen molar-refractivity contribution in [2.24, 2.45) is 0 Å². The lowest BCUT2D eigenvalue weighted by Crippen LogP contribution is -2.38. The van der Waals surface area contributed by atoms with E-state index in [-0.39, 0.29) is 39.5 Å². The van der Waals surface area contributed by atoms with Gasteiger partial charge in [-0.1, -0.05) is 54.6 Å². The van der Waals surface area contributed by atoms with Crippen LogP contribution in [0.15, 0.2) is 94.6 Å². The number of ether oxygens (including phenoxy) is 4. The van der Waals surface area contributed by atoms with Gasteiger partial charge in [-0.25, -0.2) is 9.36 Å². The molecule has 5 rings (SSSR count). The molecule has 0 bridgehead atoms. The SMILES string of the molecule is COc1ccc(C(OC[C@H]2O[C@@H](n3cc(C)c(=O)[nH]c3=O)C[C@@H]2OP(=O)(OCCCCCO)OCCCCCO)(c2ccccc2)c2ccc(OC)cc2)cc1. The Kier molecular flexibility index (Phi) is 16.0. The number of rotatable bonds is 23. The molecule has 3 N–H and O–H groups in total. The Morgan fingerprint density at radius 1 is 0.786 bits per heavy atom. The van der Waals surface area contributed by atoms with Crippen molar-refractivity contribution in [2.75, 3.05) is 47.3 Å². The van der Waals surface area contributed by atoms with Gasteiger partial charge >= 0.3 is 13.5 Å². The van der Waals surface area contributed by atoms with Gasteiger partial charge in [-0.3, -0.25) is 27.9 Å². The second kappa shape index (κ2) is 20.9. The first-order chi connectivity index (χ1) is 27.2. The summed E-state index contributed by atoms with van der Waals surface area (Å²) in [4.78, 5) is 27.7. The van der Waals surface area contributed by atoms with Crippen LogP contribution in [0.1, 0.15) is 73.4 Å². The summed E-state index contributed by atoms with van der Waals surface area (Å²) in [5.41, 5.74) is 0.234. The van der Waals surface area contributed by atoms with E-state index in [4.69, 9.17) is 32.5 Å². The zero-order valence-corrected chi connectivity index (χ0v) is 33.1. The molecule has 0 unspecified atom stereocenters. The van der Waals surface area contributed by atoms with E-state index >= 15 is 0 Å². The van der Waals surface area contributed by atoms with Gasteiger partial charge in [0.05, 0.1) is 34.0 Å². The van der Waals surface area contributed by atoms with Gasteiger partial charge in [0.1, 0.15) is 35.5 Å². The van der Waals surface area contributed by atoms with Crippen LogP contribution in [0.4, 0.5) is 0 Å². The van der Waals surface area contributed by atoms with Gasteiger partial charge in [-0.05, 0) is 86.4 Å². The zero-order chi connectivity index (χ0) is 40.0. The van der Waals surface area contributed by atoms with Gasteiger partial charge in [-0.15, -0.1) is 0 Å². The molecule has 56 heavy (non-hydrogen) atoms. The lowest BCUT2D eigenvalue weighted by atomic mass is 9.80. The van der Waals surface area contributed by atoms with Gasteiger partial charge in [0.15, 0.2) is 0 Å². The van der Waals surface area contributed by atoms with Crippen LogP contribution in [0.25, 0.3) is 0 Å². The Bertz CT molecular complexity index is 1890. The molecular formula is C41H53N2O12P. The Morgan fingerprint density at radius 3 is 1.84 bits per heavy atom. The summed E-state index contributed by atoms with van der Waals surface area (Å²) < 4.78 is 58.2. The van der Waals surface area contributed by atoms with Crippen LogP contribution >= 0.6 is 7.82 Å². The maximum atomic E-state index is 14.4. The first-order valence-electron chi connectivity index (χ1n) is 18.9. The number of H-pyrrole nitrogens is 1. The van der Waals surface area contributed by atoms with Crippen LogP contribution in [0, 0.1) is 6.92 Å². The van der Waals surface area contributed by atoms with E-state index in [1.54, 1.807) is 21.1 Å². The van der Waals surface area contributed by atoms with Crippen molar-refractivity contribution in [1.82, 2.24) is 9.55 Å². The molecule has 0 saturated carbocycles. The average molecular weight is 797 g/mol. The minimum atomic E-state index is -4.24. The Morgan fingerprint density at radius 2 is 1.32 bits per heavy atom. The van der Waals surface area contributed by atoms with Crippen molar-refractivity contribution in [1.29, 1.82) is 0 Å². The highest BCUT2D eigenvalue weighted by atomic mass is 31.2. The van der Waals surface area contributed by atoms with Crippen molar-refractivity contribution >= 4 is 7.82 Å². The summed E-state index contributed by atoms with van der Waals surface area (Å²) >= 11 is 0. The quantitative estimate of drug-likeness (QED) is 0.0454. The van der Waals surface area contributed by atoms with Crippen LogP contribution < -0.4 is 20.7 Å². The summed E-state index contributed by atoms with van der Waals surface area (Å²) in [6, 6.07) is 24.8. The molecule has 1 fully saturated rings. The molecule has 2 heterocycles. The Balaban J connectivity index is 1.54. The van der Waals surface area contributed by atoms with Gasteiger partial charge in [0, 0.05) is 31.4 Å². The number of nitrogens with zero attached hydrogens (tertiary/aromatic N) is 1. The summed E-state index contributed by atoms with van der Waals surface area (Å²) in [6.07, 6.45) is 2.05. The van der Waals surface area contributed by atoms with E-state index in [1.807, 2.05) is 78.9 Å². The van der Waals surface area contributed by atoms with Gasteiger partial charge in [0.2, 0.25) is 0 Å². The Hall–Kier alpha value is -4.11. The van der Waals surface area contributed by atoms with E-state index in [0.717, 1.165) is 16.7 Å². The smallest absolute Gasteiger partial charge is 0.475 e. The minimum absolute atomic E-state index is 0.0269. The number of hydrogen-bond donors (Lipinski definition) is 3. The number of hydrogen-bond acceptors (Lipinski definition) is 12. The third-order valence-corrected chi connectivity index (χ3v) is 11.2. The third-order valence-electron chi connectivity index (χ3n) is 9.64. The highest BCUT2D eigenvalue weighted by Gasteiger charge is 2.46. The first kappa shape index (κ1) is 43.0. The average Bonchev–Trinajstić information content (AvgIpc) is 3.61. The molecule has 1 aromatic heterocycles. The highest BCUT2D eigenvalue weighted by molar-refractivity contribution is 7.48. The lowest BCUT2D eigenvalue weighted by Gasteiger charge is -2.37. The number of unbranched alkanes of at least 4 members (excludes halogenated alkanes) is 4. The van der Waals surface area contributed by atoms with Crippen molar-refractivity contribution in [3.05, 3.63) is 128 Å². The number of aliphatic hydroxyl groups is 2. The largest absolute Gasteiger partial charge is 0.497 e. The van der Waals surface area contributed by atoms with E-state index in [9.17, 15) is 24.4 Å². The fraction of sp³-hybridized carbons (Fsp3) is 0.463. The normalized spacial score (nSPS) is 17.3. The topological polar surface area (TPSA) is 177 Å². The molecule has 0 aliphatic carbocycles. The van der Waals surface area contributed by atoms with Crippen molar-refractivity contribution < 1.29 is 47.3 Å². The third kappa shape index (κ3) is 10.8. The lowest BCUT2D eigenvalue weighted by molar-refractivity contribution is -0.0946. The summed E-state index contributed by atoms with van der Waals surface area (Å²) in [7, 11) is -1.05. The molecule has 3 aromatic carbocycles. The number of aromatic nitrogens is 2. The minimum Gasteiger partial charge on any atom is -0.497 e. The van der Waals surface area contributed by atoms with Gasteiger partial charge < -0.3 is 29.2 Å². The number of nitrogens with one attached hydrogen (secondary N) is 1. The van der Waals surface area contributed by atoms with Crippen molar-refractivity contribution in [3.8, 4) is 11.5 Å². The summed E-state index contributed by atoms with van der Waals surface area (Å²) in [6.45, 7) is 1.61. The standard InChI is InChI=1S/C41H53N2O12P/c1-30-28-43(40(47)42-39(30)46)38-27-36(55-56(48,52-25-11-5-9-23-44)53-26-12-6-10-24-45)37(54-38)29-51-41(31-13-7-4-8-14-31,32-15-19-34(49-2)20-16-32)33-17-21-35(50-3)22-18-33/h4,7-8,13-22,28,36-38,44-45H,5-6,9-12,23-27,29H2,1-3H3,(H,42,46,47)/t36-,37+,38+/m0/s1. The maximum absolute atomic E-state index is 14.4. The Labute approximate surface area is 326 Å². The predicted molar refractivity (Wildman–Crippen MR) is 209 cm³/mol. The molecule has 304 valence electrons. The monoisotopic (exact) mass is 796 g/mol. The number of aliphatic hydroxyl groups excluding tert-OH is 2. The molecule has 1 saturated heterocycles. The molecule has 0 amide bonds. The summed E-state index contributed by atoms with van der Waals surface area (Å²) in [5.74, 6) is 1.32. The van der Waals surface area contributed by atoms with Crippen LogP contribution in [0.3, 0.4) is 0 Å². The number of aromatic amines is 1. The van der Waals surface area contributed by atoms with E-state index < -0.39 is 43.1 Å². The van der Waals surface area contributed by atoms with Gasteiger partial charge in [-0.2, -0.15) is 0 Å². The fourth-order valence-electron chi connectivity index (χ4n) is 6.61. The van der Waals surface area contributed by atoms with Crippen LogP contribution in [0.5, 0.6) is 11.5 Å². The van der Waals surface area contributed by atoms with Crippen LogP contribution in [-0.4, -0.2) is 79.2 Å². The predicted octanol–water partition coefficient (Wildman–Crippen LogP) is 6.01. The molecule has 4 aromatic rings.